The monoisotopic (exact) mass is 433 g/mol. The fraction of sp³-hybridized carbons (Fsp3) is 0.130. The second-order valence-corrected chi connectivity index (χ2v) is 7.41. The SMILES string of the molecule is CSc1ccc(C(=O)Nc2cccc(COc3ccc(CC#N)cc3)c2)cc1[N+](=O)[O-]. The number of nitro benzene ring substituents is 1. The fourth-order valence-corrected chi connectivity index (χ4v) is 3.42. The summed E-state index contributed by atoms with van der Waals surface area (Å²) in [5.74, 6) is 0.249. The van der Waals surface area contributed by atoms with Gasteiger partial charge in [0.1, 0.15) is 12.4 Å². The van der Waals surface area contributed by atoms with E-state index in [9.17, 15) is 14.9 Å². The number of hydrogen-bond acceptors (Lipinski definition) is 6. The third-order valence-electron chi connectivity index (χ3n) is 4.43. The van der Waals surface area contributed by atoms with Crippen molar-refractivity contribution in [3.63, 3.8) is 0 Å². The van der Waals surface area contributed by atoms with Crippen molar-refractivity contribution < 1.29 is 14.5 Å². The molecule has 8 heteroatoms. The minimum absolute atomic E-state index is 0.0944. The molecule has 0 heterocycles. The minimum atomic E-state index is -0.493. The number of rotatable bonds is 8. The van der Waals surface area contributed by atoms with Gasteiger partial charge in [0.25, 0.3) is 11.6 Å². The average Bonchev–Trinajstić information content (AvgIpc) is 2.78. The third kappa shape index (κ3) is 5.84. The number of ether oxygens (including phenoxy) is 1. The first kappa shape index (κ1) is 21.9. The number of thioether (sulfide) groups is 1. The molecule has 31 heavy (non-hydrogen) atoms. The Morgan fingerprint density at radius 2 is 1.90 bits per heavy atom. The molecule has 0 bridgehead atoms. The Kier molecular flexibility index (Phi) is 7.25. The van der Waals surface area contributed by atoms with Gasteiger partial charge >= 0.3 is 0 Å². The van der Waals surface area contributed by atoms with Crippen LogP contribution in [0.4, 0.5) is 11.4 Å². The van der Waals surface area contributed by atoms with E-state index < -0.39 is 10.8 Å². The zero-order valence-electron chi connectivity index (χ0n) is 16.7. The van der Waals surface area contributed by atoms with Crippen LogP contribution in [0.3, 0.4) is 0 Å². The molecule has 0 aliphatic rings. The van der Waals surface area contributed by atoms with Crippen molar-refractivity contribution in [1.29, 1.82) is 5.26 Å². The molecule has 156 valence electrons. The van der Waals surface area contributed by atoms with Crippen LogP contribution in [0.5, 0.6) is 5.75 Å². The number of nitrogens with zero attached hydrogens (tertiary/aromatic N) is 2. The van der Waals surface area contributed by atoms with Crippen LogP contribution in [0.2, 0.25) is 0 Å². The number of amides is 1. The van der Waals surface area contributed by atoms with Crippen LogP contribution < -0.4 is 10.1 Å². The van der Waals surface area contributed by atoms with Gasteiger partial charge in [-0.2, -0.15) is 5.26 Å². The first-order valence-corrected chi connectivity index (χ1v) is 10.5. The Bertz CT molecular complexity index is 1140. The van der Waals surface area contributed by atoms with Gasteiger partial charge in [-0.25, -0.2) is 0 Å². The lowest BCUT2D eigenvalue weighted by Gasteiger charge is -2.10. The van der Waals surface area contributed by atoms with Gasteiger partial charge in [-0.15, -0.1) is 11.8 Å². The lowest BCUT2D eigenvalue weighted by atomic mass is 10.1. The molecule has 0 atom stereocenters. The number of nitrogens with one attached hydrogen (secondary N) is 1. The number of nitriles is 1. The maximum Gasteiger partial charge on any atom is 0.283 e. The molecule has 7 nitrogen and oxygen atoms in total. The van der Waals surface area contributed by atoms with E-state index in [1.807, 2.05) is 30.3 Å². The number of anilines is 1. The van der Waals surface area contributed by atoms with Gasteiger partial charge in [-0.05, 0) is 53.8 Å². The van der Waals surface area contributed by atoms with E-state index in [-0.39, 0.29) is 11.3 Å². The van der Waals surface area contributed by atoms with E-state index in [0.29, 0.717) is 29.4 Å². The Labute approximate surface area is 183 Å². The number of hydrogen-bond donors (Lipinski definition) is 1. The number of benzene rings is 3. The van der Waals surface area contributed by atoms with Crippen LogP contribution >= 0.6 is 11.8 Å². The van der Waals surface area contributed by atoms with Crippen molar-refractivity contribution >= 4 is 29.0 Å². The van der Waals surface area contributed by atoms with Crippen LogP contribution in [-0.2, 0) is 13.0 Å². The molecule has 3 aromatic carbocycles. The molecule has 1 N–H and O–H groups in total. The Hall–Kier alpha value is -3.83. The lowest BCUT2D eigenvalue weighted by Crippen LogP contribution is -2.12. The van der Waals surface area contributed by atoms with E-state index in [1.54, 1.807) is 36.6 Å². The number of carbonyl (C=O) groups is 1. The van der Waals surface area contributed by atoms with Crippen molar-refractivity contribution in [2.24, 2.45) is 0 Å². The van der Waals surface area contributed by atoms with Crippen LogP contribution in [0.1, 0.15) is 21.5 Å². The van der Waals surface area contributed by atoms with E-state index in [1.165, 1.54) is 17.8 Å². The van der Waals surface area contributed by atoms with Gasteiger partial charge < -0.3 is 10.1 Å². The maximum absolute atomic E-state index is 12.6. The lowest BCUT2D eigenvalue weighted by molar-refractivity contribution is -0.387. The van der Waals surface area contributed by atoms with Crippen LogP contribution in [0.25, 0.3) is 0 Å². The number of carbonyl (C=O) groups excluding carboxylic acids is 1. The molecule has 0 saturated carbocycles. The summed E-state index contributed by atoms with van der Waals surface area (Å²) >= 11 is 1.26. The molecule has 0 unspecified atom stereocenters. The molecule has 0 aliphatic heterocycles. The molecule has 0 saturated heterocycles. The molecule has 0 fully saturated rings. The maximum atomic E-state index is 12.6. The molecule has 0 spiro atoms. The van der Waals surface area contributed by atoms with Gasteiger partial charge in [0.2, 0.25) is 0 Å². The molecule has 1 amide bonds. The average molecular weight is 433 g/mol. The molecular formula is C23H19N3O4S. The summed E-state index contributed by atoms with van der Waals surface area (Å²) in [7, 11) is 0. The highest BCUT2D eigenvalue weighted by molar-refractivity contribution is 7.98. The normalized spacial score (nSPS) is 10.2. The molecule has 0 radical (unpaired) electrons. The molecule has 0 aromatic heterocycles. The van der Waals surface area contributed by atoms with Gasteiger partial charge in [-0.3, -0.25) is 14.9 Å². The van der Waals surface area contributed by atoms with Crippen LogP contribution in [-0.4, -0.2) is 17.1 Å². The zero-order chi connectivity index (χ0) is 22.2. The summed E-state index contributed by atoms with van der Waals surface area (Å²) in [4.78, 5) is 23.8. The van der Waals surface area contributed by atoms with E-state index >= 15 is 0 Å². The van der Waals surface area contributed by atoms with Crippen molar-refractivity contribution in [3.8, 4) is 11.8 Å². The van der Waals surface area contributed by atoms with Gasteiger partial charge in [0.15, 0.2) is 0 Å². The first-order chi connectivity index (χ1) is 15.0. The van der Waals surface area contributed by atoms with Gasteiger partial charge in [0.05, 0.1) is 22.3 Å². The Morgan fingerprint density at radius 1 is 1.13 bits per heavy atom. The molecule has 3 aromatic rings. The highest BCUT2D eigenvalue weighted by Gasteiger charge is 2.17. The van der Waals surface area contributed by atoms with E-state index in [0.717, 1.165) is 11.1 Å². The highest BCUT2D eigenvalue weighted by Crippen LogP contribution is 2.28. The molecule has 3 rings (SSSR count). The van der Waals surface area contributed by atoms with E-state index in [2.05, 4.69) is 11.4 Å². The second kappa shape index (κ2) is 10.3. The summed E-state index contributed by atoms with van der Waals surface area (Å²) in [6.45, 7) is 0.301. The van der Waals surface area contributed by atoms with Crippen LogP contribution in [0, 0.1) is 21.4 Å². The van der Waals surface area contributed by atoms with Crippen molar-refractivity contribution in [1.82, 2.24) is 0 Å². The standard InChI is InChI=1S/C23H19N3O4S/c1-31-22-10-7-18(14-21(22)26(28)29)23(27)25-19-4-2-3-17(13-19)15-30-20-8-5-16(6-9-20)11-12-24/h2-10,13-14H,11,15H2,1H3,(H,25,27). The topological polar surface area (TPSA) is 105 Å². The molecule has 0 aliphatic carbocycles. The summed E-state index contributed by atoms with van der Waals surface area (Å²) in [5, 5.41) is 22.7. The smallest absolute Gasteiger partial charge is 0.283 e. The Balaban J connectivity index is 1.66. The predicted molar refractivity (Wildman–Crippen MR) is 119 cm³/mol. The largest absolute Gasteiger partial charge is 0.489 e. The zero-order valence-corrected chi connectivity index (χ0v) is 17.5. The first-order valence-electron chi connectivity index (χ1n) is 9.31. The van der Waals surface area contributed by atoms with Crippen LogP contribution in [0.15, 0.2) is 71.6 Å². The molecular weight excluding hydrogens is 414 g/mol. The van der Waals surface area contributed by atoms with Gasteiger partial charge in [0, 0.05) is 17.3 Å². The second-order valence-electron chi connectivity index (χ2n) is 6.57. The predicted octanol–water partition coefficient (Wildman–Crippen LogP) is 5.21. The summed E-state index contributed by atoms with van der Waals surface area (Å²) < 4.78 is 5.76. The minimum Gasteiger partial charge on any atom is -0.489 e. The fourth-order valence-electron chi connectivity index (χ4n) is 2.88. The number of nitro groups is 1. The Morgan fingerprint density at radius 3 is 2.58 bits per heavy atom. The third-order valence-corrected chi connectivity index (χ3v) is 5.22. The van der Waals surface area contributed by atoms with Gasteiger partial charge in [-0.1, -0.05) is 24.3 Å². The van der Waals surface area contributed by atoms with Crippen molar-refractivity contribution in [2.75, 3.05) is 11.6 Å². The highest BCUT2D eigenvalue weighted by atomic mass is 32.2. The van der Waals surface area contributed by atoms with Crippen molar-refractivity contribution in [2.45, 2.75) is 17.9 Å². The summed E-state index contributed by atoms with van der Waals surface area (Å²) in [6, 6.07) is 21.0. The summed E-state index contributed by atoms with van der Waals surface area (Å²) in [6.07, 6.45) is 2.10. The quantitative estimate of drug-likeness (QED) is 0.297. The van der Waals surface area contributed by atoms with E-state index in [4.69, 9.17) is 10.00 Å². The summed E-state index contributed by atoms with van der Waals surface area (Å²) in [5.41, 5.74) is 2.45. The van der Waals surface area contributed by atoms with Crippen molar-refractivity contribution in [3.05, 3.63) is 93.5 Å².